The molecular weight excluding hydrogens is 354 g/mol. The number of anilines is 1. The van der Waals surface area contributed by atoms with E-state index in [0.29, 0.717) is 17.3 Å². The van der Waals surface area contributed by atoms with Crippen molar-refractivity contribution in [2.75, 3.05) is 5.32 Å². The number of carbonyl (C=O) groups is 3. The first kappa shape index (κ1) is 19.3. The lowest BCUT2D eigenvalue weighted by molar-refractivity contribution is -0.146. The van der Waals surface area contributed by atoms with Crippen LogP contribution in [0.4, 0.5) is 5.69 Å². The highest BCUT2D eigenvalue weighted by molar-refractivity contribution is 6.38. The van der Waals surface area contributed by atoms with Crippen molar-refractivity contribution in [2.24, 2.45) is 0 Å². The fourth-order valence-corrected chi connectivity index (χ4v) is 1.99. The van der Waals surface area contributed by atoms with Crippen molar-refractivity contribution in [2.45, 2.75) is 0 Å². The van der Waals surface area contributed by atoms with Gasteiger partial charge in [0.15, 0.2) is 11.5 Å². The number of carboxylic acids is 1. The van der Waals surface area contributed by atoms with Gasteiger partial charge in [-0.2, -0.15) is 0 Å². The van der Waals surface area contributed by atoms with Gasteiger partial charge in [-0.15, -0.1) is 0 Å². The Morgan fingerprint density at radius 3 is 2.15 bits per heavy atom. The Balaban J connectivity index is 2.02. The number of aliphatic hydroxyl groups is 1. The summed E-state index contributed by atoms with van der Waals surface area (Å²) in [5.41, 5.74) is 1.12. The average Bonchev–Trinajstić information content (AvgIpc) is 2.63. The van der Waals surface area contributed by atoms with Crippen LogP contribution < -0.4 is 5.32 Å². The van der Waals surface area contributed by atoms with E-state index in [1.54, 1.807) is 0 Å². The fraction of sp³-hybridized carbons (Fsp3) is 0. The van der Waals surface area contributed by atoms with E-state index in [1.807, 2.05) is 0 Å². The minimum absolute atomic E-state index is 0.206. The number of aromatic hydroxyl groups is 2. The molecule has 138 valence electrons. The molecule has 27 heavy (non-hydrogen) atoms. The van der Waals surface area contributed by atoms with Gasteiger partial charge in [0.05, 0.1) is 0 Å². The van der Waals surface area contributed by atoms with Crippen molar-refractivity contribution in [1.82, 2.24) is 0 Å². The molecule has 0 bridgehead atoms. The molecule has 8 heteroatoms. The van der Waals surface area contributed by atoms with E-state index in [4.69, 9.17) is 5.11 Å². The lowest BCUT2D eigenvalue weighted by Crippen LogP contribution is -2.09. The molecule has 0 aliphatic heterocycles. The van der Waals surface area contributed by atoms with E-state index in [-0.39, 0.29) is 17.1 Å². The summed E-state index contributed by atoms with van der Waals surface area (Å²) in [6.07, 6.45) is 3.25. The molecule has 0 aromatic heterocycles. The molecule has 0 spiro atoms. The standard InChI is InChI=1S/C19H15NO7/c21-14-7-1-11(9-16(14)23)2-8-18(25)20-13-5-3-12(4-6-13)15(22)10-17(24)19(26)27/h1-10,21-23H,(H,20,25)(H,26,27)/b8-2+,15-10-. The number of phenols is 2. The SMILES string of the molecule is O=C(/C=C/c1ccc(O)c(O)c1)Nc1ccc(/C(O)=C/C(=O)C(=O)O)cc1. The second kappa shape index (κ2) is 8.34. The van der Waals surface area contributed by atoms with Gasteiger partial charge in [0.2, 0.25) is 5.91 Å². The maximum Gasteiger partial charge on any atom is 0.376 e. The molecule has 0 atom stereocenters. The molecule has 2 aromatic carbocycles. The summed E-state index contributed by atoms with van der Waals surface area (Å²) >= 11 is 0. The highest BCUT2D eigenvalue weighted by Gasteiger charge is 2.10. The Hall–Kier alpha value is -4.07. The zero-order chi connectivity index (χ0) is 20.0. The molecule has 1 amide bonds. The number of hydrogen-bond donors (Lipinski definition) is 5. The molecule has 0 saturated carbocycles. The zero-order valence-corrected chi connectivity index (χ0v) is 13.8. The number of benzene rings is 2. The quantitative estimate of drug-likeness (QED) is 0.227. The first-order valence-corrected chi connectivity index (χ1v) is 7.55. The number of rotatable bonds is 6. The van der Waals surface area contributed by atoms with Crippen LogP contribution in [-0.2, 0) is 14.4 Å². The summed E-state index contributed by atoms with van der Waals surface area (Å²) in [5, 5.41) is 39.4. The predicted molar refractivity (Wildman–Crippen MR) is 97.1 cm³/mol. The van der Waals surface area contributed by atoms with E-state index < -0.39 is 23.4 Å². The average molecular weight is 369 g/mol. The normalized spacial score (nSPS) is 11.3. The first-order valence-electron chi connectivity index (χ1n) is 7.55. The predicted octanol–water partition coefficient (Wildman–Crippen LogP) is 2.30. The topological polar surface area (TPSA) is 144 Å². The van der Waals surface area contributed by atoms with Crippen molar-refractivity contribution in [1.29, 1.82) is 0 Å². The van der Waals surface area contributed by atoms with Crippen LogP contribution in [0.1, 0.15) is 11.1 Å². The van der Waals surface area contributed by atoms with E-state index in [1.165, 1.54) is 54.6 Å². The molecule has 5 N–H and O–H groups in total. The Labute approximate surface area is 153 Å². The number of ketones is 1. The number of carbonyl (C=O) groups excluding carboxylic acids is 2. The minimum atomic E-state index is -1.68. The van der Waals surface area contributed by atoms with Gasteiger partial charge in [0.25, 0.3) is 5.78 Å². The summed E-state index contributed by atoms with van der Waals surface area (Å²) in [5.74, 6) is -4.47. The lowest BCUT2D eigenvalue weighted by atomic mass is 10.1. The van der Waals surface area contributed by atoms with Gasteiger partial charge >= 0.3 is 5.97 Å². The van der Waals surface area contributed by atoms with Gasteiger partial charge in [0, 0.05) is 23.4 Å². The Bertz CT molecular complexity index is 943. The van der Waals surface area contributed by atoms with E-state index in [9.17, 15) is 29.7 Å². The van der Waals surface area contributed by atoms with E-state index in [0.717, 1.165) is 0 Å². The minimum Gasteiger partial charge on any atom is -0.507 e. The van der Waals surface area contributed by atoms with Gasteiger partial charge in [0.1, 0.15) is 5.76 Å². The van der Waals surface area contributed by atoms with Crippen molar-refractivity contribution < 1.29 is 34.8 Å². The van der Waals surface area contributed by atoms with Gasteiger partial charge in [-0.3, -0.25) is 9.59 Å². The number of hydrogen-bond acceptors (Lipinski definition) is 6. The second-order valence-corrected chi connectivity index (χ2v) is 5.35. The van der Waals surface area contributed by atoms with E-state index in [2.05, 4.69) is 5.32 Å². The van der Waals surface area contributed by atoms with Crippen molar-refractivity contribution in [3.63, 3.8) is 0 Å². The maximum atomic E-state index is 11.9. The highest BCUT2D eigenvalue weighted by atomic mass is 16.4. The number of aliphatic hydroxyl groups excluding tert-OH is 1. The third kappa shape index (κ3) is 5.46. The maximum absolute atomic E-state index is 11.9. The summed E-state index contributed by atoms with van der Waals surface area (Å²) < 4.78 is 0. The third-order valence-corrected chi connectivity index (χ3v) is 3.35. The zero-order valence-electron chi connectivity index (χ0n) is 13.8. The molecule has 0 unspecified atom stereocenters. The number of nitrogens with one attached hydrogen (secondary N) is 1. The number of aliphatic carboxylic acids is 1. The smallest absolute Gasteiger partial charge is 0.376 e. The molecule has 0 aliphatic carbocycles. The summed E-state index contributed by atoms with van der Waals surface area (Å²) in [6, 6.07) is 9.82. The Morgan fingerprint density at radius 1 is 0.889 bits per heavy atom. The Morgan fingerprint density at radius 2 is 1.56 bits per heavy atom. The summed E-state index contributed by atoms with van der Waals surface area (Å²) in [7, 11) is 0. The molecule has 0 aliphatic rings. The van der Waals surface area contributed by atoms with Crippen molar-refractivity contribution in [3.8, 4) is 11.5 Å². The Kier molecular flexibility index (Phi) is 5.95. The monoisotopic (exact) mass is 369 g/mol. The largest absolute Gasteiger partial charge is 0.507 e. The molecule has 8 nitrogen and oxygen atoms in total. The van der Waals surface area contributed by atoms with Crippen LogP contribution in [0.25, 0.3) is 11.8 Å². The van der Waals surface area contributed by atoms with Crippen LogP contribution >= 0.6 is 0 Å². The van der Waals surface area contributed by atoms with Gasteiger partial charge < -0.3 is 25.7 Å². The molecule has 2 aromatic rings. The van der Waals surface area contributed by atoms with Crippen LogP contribution in [-0.4, -0.2) is 38.1 Å². The first-order chi connectivity index (χ1) is 12.8. The summed E-state index contributed by atoms with van der Waals surface area (Å²) in [4.78, 5) is 33.4. The molecule has 0 heterocycles. The second-order valence-electron chi connectivity index (χ2n) is 5.35. The molecule has 0 radical (unpaired) electrons. The molecule has 2 rings (SSSR count). The van der Waals surface area contributed by atoms with Crippen molar-refractivity contribution >= 4 is 35.2 Å². The highest BCUT2D eigenvalue weighted by Crippen LogP contribution is 2.25. The molecular formula is C19H15NO7. The number of amides is 1. The van der Waals surface area contributed by atoms with Gasteiger partial charge in [-0.05, 0) is 48.0 Å². The van der Waals surface area contributed by atoms with Crippen molar-refractivity contribution in [3.05, 3.63) is 65.7 Å². The van der Waals surface area contributed by atoms with Crippen LogP contribution in [0.5, 0.6) is 11.5 Å². The van der Waals surface area contributed by atoms with Crippen LogP contribution in [0, 0.1) is 0 Å². The third-order valence-electron chi connectivity index (χ3n) is 3.35. The number of phenolic OH excluding ortho intramolecular Hbond substituents is 2. The van der Waals surface area contributed by atoms with Crippen LogP contribution in [0.15, 0.2) is 54.6 Å². The summed E-state index contributed by atoms with van der Waals surface area (Å²) in [6.45, 7) is 0. The van der Waals surface area contributed by atoms with Gasteiger partial charge in [-0.1, -0.05) is 6.07 Å². The fourth-order valence-electron chi connectivity index (χ4n) is 1.99. The molecule has 0 saturated heterocycles. The van der Waals surface area contributed by atoms with Crippen LogP contribution in [0.2, 0.25) is 0 Å². The van der Waals surface area contributed by atoms with Gasteiger partial charge in [-0.25, -0.2) is 4.79 Å². The van der Waals surface area contributed by atoms with Crippen LogP contribution in [0.3, 0.4) is 0 Å². The van der Waals surface area contributed by atoms with E-state index >= 15 is 0 Å². The molecule has 0 fully saturated rings. The lowest BCUT2D eigenvalue weighted by Gasteiger charge is -2.04. The number of carboxylic acid groups (broad SMARTS) is 1.